The lowest BCUT2D eigenvalue weighted by molar-refractivity contribution is 0.315. The molecule has 0 radical (unpaired) electrons. The van der Waals surface area contributed by atoms with Crippen molar-refractivity contribution in [3.8, 4) is 5.75 Å². The van der Waals surface area contributed by atoms with Crippen LogP contribution in [0, 0.1) is 11.6 Å². The van der Waals surface area contributed by atoms with Crippen molar-refractivity contribution in [1.29, 1.82) is 0 Å². The third-order valence-corrected chi connectivity index (χ3v) is 3.10. The molecule has 0 aliphatic carbocycles. The van der Waals surface area contributed by atoms with E-state index in [1.54, 1.807) is 0 Å². The Morgan fingerprint density at radius 2 is 1.70 bits per heavy atom. The first-order chi connectivity index (χ1) is 9.66. The van der Waals surface area contributed by atoms with Gasteiger partial charge in [0, 0.05) is 11.0 Å². The number of halogens is 3. The highest BCUT2D eigenvalue weighted by atomic mass is 79.9. The predicted molar refractivity (Wildman–Crippen MR) is 79.1 cm³/mol. The second kappa shape index (κ2) is 7.24. The number of benzene rings is 2. The molecule has 2 aromatic carbocycles. The molecule has 2 rings (SSSR count). The first-order valence-electron chi connectivity index (χ1n) is 6.23. The second-order valence-corrected chi connectivity index (χ2v) is 5.10. The quantitative estimate of drug-likeness (QED) is 0.774. The van der Waals surface area contributed by atoms with E-state index in [0.29, 0.717) is 24.0 Å². The zero-order chi connectivity index (χ0) is 14.4. The molecule has 0 saturated heterocycles. The normalized spacial score (nSPS) is 10.3. The summed E-state index contributed by atoms with van der Waals surface area (Å²) in [6.45, 7) is 0.916. The Kier molecular flexibility index (Phi) is 5.35. The Bertz CT molecular complexity index is 540. The molecule has 0 aliphatic heterocycles. The summed E-state index contributed by atoms with van der Waals surface area (Å²) in [6.07, 6.45) is 0.643. The van der Waals surface area contributed by atoms with Gasteiger partial charge in [-0.2, -0.15) is 0 Å². The van der Waals surface area contributed by atoms with Gasteiger partial charge < -0.3 is 10.1 Å². The van der Waals surface area contributed by atoms with Gasteiger partial charge in [0.2, 0.25) is 0 Å². The number of anilines is 1. The summed E-state index contributed by atoms with van der Waals surface area (Å²) in [4.78, 5) is 0. The van der Waals surface area contributed by atoms with Crippen LogP contribution in [-0.2, 0) is 0 Å². The molecule has 2 nitrogen and oxygen atoms in total. The van der Waals surface area contributed by atoms with E-state index in [-0.39, 0.29) is 5.69 Å². The van der Waals surface area contributed by atoms with Crippen LogP contribution in [-0.4, -0.2) is 13.2 Å². The highest BCUT2D eigenvalue weighted by molar-refractivity contribution is 9.10. The van der Waals surface area contributed by atoms with Crippen LogP contribution in [0.2, 0.25) is 0 Å². The van der Waals surface area contributed by atoms with Crippen LogP contribution in [0.15, 0.2) is 46.9 Å². The summed E-state index contributed by atoms with van der Waals surface area (Å²) in [6, 6.07) is 11.9. The molecule has 0 aromatic heterocycles. The van der Waals surface area contributed by atoms with Gasteiger partial charge in [-0.3, -0.25) is 0 Å². The zero-order valence-electron chi connectivity index (χ0n) is 10.7. The molecule has 106 valence electrons. The van der Waals surface area contributed by atoms with E-state index >= 15 is 0 Å². The van der Waals surface area contributed by atoms with Gasteiger partial charge in [-0.05, 0) is 30.7 Å². The van der Waals surface area contributed by atoms with Crippen LogP contribution < -0.4 is 10.1 Å². The van der Waals surface area contributed by atoms with Gasteiger partial charge in [0.15, 0.2) is 0 Å². The molecule has 5 heteroatoms. The summed E-state index contributed by atoms with van der Waals surface area (Å²) in [5.74, 6) is -0.435. The second-order valence-electron chi connectivity index (χ2n) is 4.19. The smallest absolute Gasteiger partial charge is 0.150 e. The lowest BCUT2D eigenvalue weighted by atomic mass is 10.3. The van der Waals surface area contributed by atoms with Crippen LogP contribution >= 0.6 is 15.9 Å². The fourth-order valence-corrected chi connectivity index (χ4v) is 2.11. The van der Waals surface area contributed by atoms with Crippen molar-refractivity contribution in [2.45, 2.75) is 6.42 Å². The average Bonchev–Trinajstić information content (AvgIpc) is 2.42. The Morgan fingerprint density at radius 3 is 2.35 bits per heavy atom. The Labute approximate surface area is 124 Å². The predicted octanol–water partition coefficient (Wildman–Crippen LogP) is 4.61. The lowest BCUT2D eigenvalue weighted by Crippen LogP contribution is -2.09. The Morgan fingerprint density at radius 1 is 1.05 bits per heavy atom. The van der Waals surface area contributed by atoms with Crippen molar-refractivity contribution in [2.75, 3.05) is 18.5 Å². The molecule has 0 atom stereocenters. The number of para-hydroxylation sites is 1. The molecular formula is C15H14BrF2NO. The van der Waals surface area contributed by atoms with Crippen molar-refractivity contribution in [3.63, 3.8) is 0 Å². The molecule has 0 bridgehead atoms. The highest BCUT2D eigenvalue weighted by Gasteiger charge is 2.09. The number of ether oxygens (including phenoxy) is 1. The molecule has 0 spiro atoms. The minimum Gasteiger partial charge on any atom is -0.494 e. The number of hydrogen-bond donors (Lipinski definition) is 1. The first-order valence-corrected chi connectivity index (χ1v) is 7.02. The topological polar surface area (TPSA) is 21.3 Å². The van der Waals surface area contributed by atoms with Crippen LogP contribution in [0.4, 0.5) is 14.5 Å². The maximum Gasteiger partial charge on any atom is 0.150 e. The van der Waals surface area contributed by atoms with Gasteiger partial charge in [-0.15, -0.1) is 0 Å². The fourth-order valence-electron chi connectivity index (χ4n) is 1.70. The van der Waals surface area contributed by atoms with E-state index in [0.717, 1.165) is 5.75 Å². The molecule has 0 saturated carbocycles. The third kappa shape index (κ3) is 4.20. The molecule has 20 heavy (non-hydrogen) atoms. The molecule has 0 heterocycles. The van der Waals surface area contributed by atoms with Crippen molar-refractivity contribution in [1.82, 2.24) is 0 Å². The van der Waals surface area contributed by atoms with Crippen LogP contribution in [0.3, 0.4) is 0 Å². The Balaban J connectivity index is 1.76. The summed E-state index contributed by atoms with van der Waals surface area (Å²) >= 11 is 3.04. The van der Waals surface area contributed by atoms with Crippen LogP contribution in [0.25, 0.3) is 0 Å². The van der Waals surface area contributed by atoms with E-state index in [1.165, 1.54) is 12.1 Å². The van der Waals surface area contributed by atoms with E-state index < -0.39 is 11.6 Å². The lowest BCUT2D eigenvalue weighted by Gasteiger charge is -2.10. The molecule has 1 N–H and O–H groups in total. The van der Waals surface area contributed by atoms with Gasteiger partial charge in [0.1, 0.15) is 23.1 Å². The van der Waals surface area contributed by atoms with Gasteiger partial charge in [-0.1, -0.05) is 34.1 Å². The SMILES string of the molecule is Fc1cc(Br)cc(F)c1NCCCOc1ccccc1. The number of nitrogens with one attached hydrogen (secondary N) is 1. The fraction of sp³-hybridized carbons (Fsp3) is 0.200. The molecule has 0 unspecified atom stereocenters. The summed E-state index contributed by atoms with van der Waals surface area (Å²) < 4.78 is 32.9. The number of rotatable bonds is 6. The average molecular weight is 342 g/mol. The van der Waals surface area contributed by atoms with E-state index in [4.69, 9.17) is 4.74 Å². The van der Waals surface area contributed by atoms with Gasteiger partial charge in [0.25, 0.3) is 0 Å². The van der Waals surface area contributed by atoms with Crippen molar-refractivity contribution in [3.05, 3.63) is 58.6 Å². The summed E-state index contributed by atoms with van der Waals surface area (Å²) in [7, 11) is 0. The number of hydrogen-bond acceptors (Lipinski definition) is 2. The molecule has 2 aromatic rings. The Hall–Kier alpha value is -1.62. The van der Waals surface area contributed by atoms with Crippen LogP contribution in [0.1, 0.15) is 6.42 Å². The molecule has 0 amide bonds. The van der Waals surface area contributed by atoms with Gasteiger partial charge >= 0.3 is 0 Å². The largest absolute Gasteiger partial charge is 0.494 e. The zero-order valence-corrected chi connectivity index (χ0v) is 12.3. The van der Waals surface area contributed by atoms with E-state index in [1.807, 2.05) is 30.3 Å². The van der Waals surface area contributed by atoms with Crippen molar-refractivity contribution < 1.29 is 13.5 Å². The minimum absolute atomic E-state index is 0.104. The molecule has 0 aliphatic rings. The van der Waals surface area contributed by atoms with Crippen molar-refractivity contribution in [2.24, 2.45) is 0 Å². The molecule has 0 fully saturated rings. The van der Waals surface area contributed by atoms with E-state index in [2.05, 4.69) is 21.2 Å². The minimum atomic E-state index is -0.610. The third-order valence-electron chi connectivity index (χ3n) is 2.64. The first kappa shape index (κ1) is 14.8. The van der Waals surface area contributed by atoms with Gasteiger partial charge in [0.05, 0.1) is 6.61 Å². The summed E-state index contributed by atoms with van der Waals surface area (Å²) in [5.41, 5.74) is -0.104. The van der Waals surface area contributed by atoms with Crippen molar-refractivity contribution >= 4 is 21.6 Å². The highest BCUT2D eigenvalue weighted by Crippen LogP contribution is 2.23. The summed E-state index contributed by atoms with van der Waals surface area (Å²) in [5, 5.41) is 2.74. The maximum absolute atomic E-state index is 13.5. The monoisotopic (exact) mass is 341 g/mol. The van der Waals surface area contributed by atoms with Crippen LogP contribution in [0.5, 0.6) is 5.75 Å². The standard InChI is InChI=1S/C15H14BrF2NO/c16-11-9-13(17)15(14(18)10-11)19-7-4-8-20-12-5-2-1-3-6-12/h1-3,5-6,9-10,19H,4,7-8H2. The maximum atomic E-state index is 13.5. The van der Waals surface area contributed by atoms with Gasteiger partial charge in [-0.25, -0.2) is 8.78 Å². The molecular weight excluding hydrogens is 328 g/mol. The van der Waals surface area contributed by atoms with E-state index in [9.17, 15) is 8.78 Å².